The average Bonchev–Trinajstić information content (AvgIpc) is 2.58. The van der Waals surface area contributed by atoms with Crippen LogP contribution in [0.25, 0.3) is 0 Å². The Morgan fingerprint density at radius 3 is 2.16 bits per heavy atom. The number of halogens is 1. The van der Waals surface area contributed by atoms with Crippen LogP contribution in [0.15, 0.2) is 53.0 Å². The van der Waals surface area contributed by atoms with E-state index in [1.54, 1.807) is 6.07 Å². The van der Waals surface area contributed by atoms with Crippen molar-refractivity contribution in [1.82, 2.24) is 0 Å². The number of hydrogen-bond acceptors (Lipinski definition) is 3. The fourth-order valence-corrected chi connectivity index (χ4v) is 2.93. The maximum Gasteiger partial charge on any atom is 0.397 e. The predicted molar refractivity (Wildman–Crippen MR) is 102 cm³/mol. The molecule has 0 aliphatic carbocycles. The van der Waals surface area contributed by atoms with Gasteiger partial charge in [-0.3, -0.25) is 9.69 Å². The quantitative estimate of drug-likeness (QED) is 0.561. The molecule has 2 rings (SSSR count). The lowest BCUT2D eigenvalue weighted by Crippen LogP contribution is -2.37. The van der Waals surface area contributed by atoms with Gasteiger partial charge in [0.15, 0.2) is 0 Å². The Kier molecular flexibility index (Phi) is 6.01. The van der Waals surface area contributed by atoms with Crippen LogP contribution < -0.4 is 4.90 Å². The topological polar surface area (TPSA) is 46.6 Å². The molecule has 0 aliphatic heterocycles. The molecule has 0 atom stereocenters. The van der Waals surface area contributed by atoms with Crippen molar-refractivity contribution in [1.29, 1.82) is 0 Å². The zero-order chi connectivity index (χ0) is 18.6. The summed E-state index contributed by atoms with van der Waals surface area (Å²) in [6.07, 6.45) is 0. The van der Waals surface area contributed by atoms with E-state index in [4.69, 9.17) is 0 Å². The summed E-state index contributed by atoms with van der Waals surface area (Å²) < 4.78 is 5.35. The Hall–Kier alpha value is -2.14. The summed E-state index contributed by atoms with van der Waals surface area (Å²) >= 11 is 3.44. The van der Waals surface area contributed by atoms with Gasteiger partial charge in [-0.05, 0) is 44.6 Å². The lowest BCUT2D eigenvalue weighted by atomic mass is 9.87. The minimum absolute atomic E-state index is 0.0580. The number of amides is 1. The van der Waals surface area contributed by atoms with E-state index in [1.165, 1.54) is 17.6 Å². The second kappa shape index (κ2) is 7.83. The zero-order valence-electron chi connectivity index (χ0n) is 14.9. The lowest BCUT2D eigenvalue weighted by molar-refractivity contribution is -0.151. The van der Waals surface area contributed by atoms with Crippen LogP contribution in [0.3, 0.4) is 0 Å². The van der Waals surface area contributed by atoms with E-state index < -0.39 is 11.9 Å². The van der Waals surface area contributed by atoms with Gasteiger partial charge in [0.1, 0.15) is 0 Å². The number of nitrogens with zero attached hydrogens (tertiary/aromatic N) is 1. The minimum atomic E-state index is -0.887. The van der Waals surface area contributed by atoms with Crippen LogP contribution in [-0.4, -0.2) is 19.0 Å². The number of hydrogen-bond donors (Lipinski definition) is 0. The molecule has 0 heterocycles. The third-order valence-electron chi connectivity index (χ3n) is 3.91. The van der Waals surface area contributed by atoms with E-state index in [0.717, 1.165) is 10.0 Å². The average molecular weight is 404 g/mol. The van der Waals surface area contributed by atoms with Crippen molar-refractivity contribution in [2.24, 2.45) is 0 Å². The lowest BCUT2D eigenvalue weighted by Gasteiger charge is -2.24. The molecule has 0 unspecified atom stereocenters. The SMILES string of the molecule is COC(=O)C(=O)N(Cc1ccc(C(C)(C)C)cc1)c1ccccc1Br. The van der Waals surface area contributed by atoms with E-state index in [0.29, 0.717) is 5.69 Å². The molecule has 1 amide bonds. The van der Waals surface area contributed by atoms with E-state index in [9.17, 15) is 9.59 Å². The standard InChI is InChI=1S/C20H22BrNO3/c1-20(2,3)15-11-9-14(10-12-15)13-22(18(23)19(24)25-4)17-8-6-5-7-16(17)21/h5-12H,13H2,1-4H3. The van der Waals surface area contributed by atoms with Crippen molar-refractivity contribution >= 4 is 33.5 Å². The fourth-order valence-electron chi connectivity index (χ4n) is 2.43. The zero-order valence-corrected chi connectivity index (χ0v) is 16.5. The highest BCUT2D eigenvalue weighted by Crippen LogP contribution is 2.28. The van der Waals surface area contributed by atoms with E-state index in [1.807, 2.05) is 30.3 Å². The molecule has 0 spiro atoms. The molecule has 0 N–H and O–H groups in total. The molecule has 0 bridgehead atoms. The van der Waals surface area contributed by atoms with Crippen molar-refractivity contribution in [3.8, 4) is 0 Å². The summed E-state index contributed by atoms with van der Waals surface area (Å²) in [5.74, 6) is -1.59. The maximum absolute atomic E-state index is 12.5. The summed E-state index contributed by atoms with van der Waals surface area (Å²) in [6, 6.07) is 15.4. The highest BCUT2D eigenvalue weighted by atomic mass is 79.9. The Balaban J connectivity index is 2.35. The number of carbonyl (C=O) groups excluding carboxylic acids is 2. The molecule has 5 heteroatoms. The number of para-hydroxylation sites is 1. The van der Waals surface area contributed by atoms with Crippen LogP contribution in [-0.2, 0) is 26.3 Å². The minimum Gasteiger partial charge on any atom is -0.462 e. The van der Waals surface area contributed by atoms with Gasteiger partial charge in [0.25, 0.3) is 0 Å². The number of anilines is 1. The highest BCUT2D eigenvalue weighted by molar-refractivity contribution is 9.10. The molecule has 0 saturated heterocycles. The molecule has 4 nitrogen and oxygen atoms in total. The monoisotopic (exact) mass is 403 g/mol. The van der Waals surface area contributed by atoms with Crippen molar-refractivity contribution in [3.05, 3.63) is 64.1 Å². The molecular weight excluding hydrogens is 382 g/mol. The van der Waals surface area contributed by atoms with Crippen LogP contribution >= 0.6 is 15.9 Å². The van der Waals surface area contributed by atoms with Crippen LogP contribution in [0.1, 0.15) is 31.9 Å². The van der Waals surface area contributed by atoms with Crippen molar-refractivity contribution in [2.45, 2.75) is 32.7 Å². The van der Waals surface area contributed by atoms with Gasteiger partial charge >= 0.3 is 11.9 Å². The summed E-state index contributed by atoms with van der Waals surface area (Å²) in [5.41, 5.74) is 2.82. The third-order valence-corrected chi connectivity index (χ3v) is 4.58. The van der Waals surface area contributed by atoms with Crippen LogP contribution in [0.5, 0.6) is 0 Å². The second-order valence-electron chi connectivity index (χ2n) is 6.78. The molecule has 2 aromatic rings. The fraction of sp³-hybridized carbons (Fsp3) is 0.300. The molecule has 0 aliphatic rings. The summed E-state index contributed by atoms with van der Waals surface area (Å²) in [6.45, 7) is 6.73. The van der Waals surface area contributed by atoms with E-state index in [-0.39, 0.29) is 12.0 Å². The van der Waals surface area contributed by atoms with Gasteiger partial charge < -0.3 is 4.74 Å². The summed E-state index contributed by atoms with van der Waals surface area (Å²) in [7, 11) is 1.20. The largest absolute Gasteiger partial charge is 0.462 e. The highest BCUT2D eigenvalue weighted by Gasteiger charge is 2.25. The predicted octanol–water partition coefficient (Wildman–Crippen LogP) is 4.45. The van der Waals surface area contributed by atoms with Crippen LogP contribution in [0.2, 0.25) is 0 Å². The van der Waals surface area contributed by atoms with Crippen LogP contribution in [0, 0.1) is 0 Å². The van der Waals surface area contributed by atoms with Gasteiger partial charge in [-0.2, -0.15) is 0 Å². The van der Waals surface area contributed by atoms with Crippen molar-refractivity contribution in [3.63, 3.8) is 0 Å². The molecule has 0 aromatic heterocycles. The van der Waals surface area contributed by atoms with Gasteiger partial charge in [0.05, 0.1) is 19.3 Å². The Labute approximate surface area is 156 Å². The molecule has 25 heavy (non-hydrogen) atoms. The van der Waals surface area contributed by atoms with Gasteiger partial charge in [0.2, 0.25) is 0 Å². The van der Waals surface area contributed by atoms with Gasteiger partial charge in [-0.25, -0.2) is 4.79 Å². The number of methoxy groups -OCH3 is 1. The van der Waals surface area contributed by atoms with Gasteiger partial charge in [0, 0.05) is 4.47 Å². The number of rotatable bonds is 3. The first-order chi connectivity index (χ1) is 11.7. The van der Waals surface area contributed by atoms with Crippen molar-refractivity contribution in [2.75, 3.05) is 12.0 Å². The first kappa shape index (κ1) is 19.2. The smallest absolute Gasteiger partial charge is 0.397 e. The first-order valence-electron chi connectivity index (χ1n) is 7.98. The molecule has 2 aromatic carbocycles. The summed E-state index contributed by atoms with van der Waals surface area (Å²) in [5, 5.41) is 0. The van der Waals surface area contributed by atoms with Crippen molar-refractivity contribution < 1.29 is 14.3 Å². The first-order valence-corrected chi connectivity index (χ1v) is 8.77. The number of esters is 1. The van der Waals surface area contributed by atoms with Gasteiger partial charge in [-0.15, -0.1) is 0 Å². The summed E-state index contributed by atoms with van der Waals surface area (Å²) in [4.78, 5) is 25.7. The maximum atomic E-state index is 12.5. The molecule has 132 valence electrons. The second-order valence-corrected chi connectivity index (χ2v) is 7.64. The molecular formula is C20H22BrNO3. The Morgan fingerprint density at radius 1 is 1.04 bits per heavy atom. The molecule has 0 saturated carbocycles. The normalized spacial score (nSPS) is 11.1. The number of carbonyl (C=O) groups is 2. The Morgan fingerprint density at radius 2 is 1.64 bits per heavy atom. The number of ether oxygens (including phenoxy) is 1. The molecule has 0 radical (unpaired) electrons. The van der Waals surface area contributed by atoms with Crippen LogP contribution in [0.4, 0.5) is 5.69 Å². The van der Waals surface area contributed by atoms with E-state index in [2.05, 4.69) is 53.6 Å². The van der Waals surface area contributed by atoms with Gasteiger partial charge in [-0.1, -0.05) is 57.2 Å². The Bertz CT molecular complexity index is 763. The third kappa shape index (κ3) is 4.69. The molecule has 0 fully saturated rings. The number of benzene rings is 2. The van der Waals surface area contributed by atoms with E-state index >= 15 is 0 Å².